The van der Waals surface area contributed by atoms with Crippen LogP contribution in [-0.2, 0) is 22.2 Å². The van der Waals surface area contributed by atoms with Crippen LogP contribution in [0.15, 0.2) is 42.7 Å². The fraction of sp³-hybridized carbons (Fsp3) is 0.273. The minimum absolute atomic E-state index is 0.197. The Hall–Kier alpha value is -3.19. The van der Waals surface area contributed by atoms with E-state index in [9.17, 15) is 8.42 Å². The summed E-state index contributed by atoms with van der Waals surface area (Å²) in [5.41, 5.74) is 9.08. The van der Waals surface area contributed by atoms with E-state index in [1.165, 1.54) is 4.31 Å². The quantitative estimate of drug-likeness (QED) is 0.385. The molecule has 176 valence electrons. The number of aromatic nitrogens is 4. The van der Waals surface area contributed by atoms with Crippen LogP contribution in [0, 0.1) is 0 Å². The molecule has 1 aromatic carbocycles. The van der Waals surface area contributed by atoms with E-state index in [2.05, 4.69) is 14.9 Å². The molecule has 0 amide bonds. The normalized spacial score (nSPS) is 14.4. The van der Waals surface area contributed by atoms with Crippen molar-refractivity contribution in [2.45, 2.75) is 6.54 Å². The van der Waals surface area contributed by atoms with E-state index in [0.29, 0.717) is 31.1 Å². The van der Waals surface area contributed by atoms with Gasteiger partial charge in [-0.15, -0.1) is 11.3 Å². The molecule has 1 saturated heterocycles. The highest BCUT2D eigenvalue weighted by atomic mass is 32.2. The van der Waals surface area contributed by atoms with E-state index in [4.69, 9.17) is 20.4 Å². The Kier molecular flexibility index (Phi) is 6.37. The number of morpholine rings is 1. The first-order valence-corrected chi connectivity index (χ1v) is 12.6. The minimum Gasteiger partial charge on any atom is -0.378 e. The lowest BCUT2D eigenvalue weighted by molar-refractivity contribution is 0.122. The highest BCUT2D eigenvalue weighted by Crippen LogP contribution is 2.39. The summed E-state index contributed by atoms with van der Waals surface area (Å²) in [5.74, 6) is 1.59. The van der Waals surface area contributed by atoms with Gasteiger partial charge in [-0.25, -0.2) is 32.7 Å². The number of thiophene rings is 1. The number of ether oxygens (including phenoxy) is 1. The smallest absolute Gasteiger partial charge is 0.219 e. The lowest BCUT2D eigenvalue weighted by atomic mass is 10.1. The predicted octanol–water partition coefficient (Wildman–Crippen LogP) is 2.19. The third-order valence-electron chi connectivity index (χ3n) is 5.50. The fourth-order valence-electron chi connectivity index (χ4n) is 3.77. The molecular weight excluding hydrogens is 474 g/mol. The van der Waals surface area contributed by atoms with Crippen LogP contribution in [0.1, 0.15) is 5.56 Å². The van der Waals surface area contributed by atoms with Crippen molar-refractivity contribution >= 4 is 44.2 Å². The van der Waals surface area contributed by atoms with Crippen molar-refractivity contribution in [1.29, 1.82) is 0 Å². The first kappa shape index (κ1) is 22.6. The topological polar surface area (TPSA) is 127 Å². The highest BCUT2D eigenvalue weighted by Gasteiger charge is 2.21. The second kappa shape index (κ2) is 9.58. The van der Waals surface area contributed by atoms with Crippen LogP contribution in [0.2, 0.25) is 0 Å². The number of anilines is 2. The van der Waals surface area contributed by atoms with Gasteiger partial charge in [0.15, 0.2) is 11.6 Å². The molecule has 5 rings (SSSR count). The van der Waals surface area contributed by atoms with Crippen molar-refractivity contribution in [3.05, 3.63) is 48.3 Å². The zero-order valence-electron chi connectivity index (χ0n) is 18.4. The van der Waals surface area contributed by atoms with Gasteiger partial charge >= 0.3 is 0 Å². The van der Waals surface area contributed by atoms with Crippen LogP contribution in [0.3, 0.4) is 0 Å². The van der Waals surface area contributed by atoms with Crippen LogP contribution >= 0.6 is 11.3 Å². The Morgan fingerprint density at radius 3 is 2.62 bits per heavy atom. The number of fused-ring (bicyclic) bond motifs is 1. The Morgan fingerprint density at radius 2 is 1.88 bits per heavy atom. The predicted molar refractivity (Wildman–Crippen MR) is 133 cm³/mol. The molecule has 10 nitrogen and oxygen atoms in total. The Morgan fingerprint density at radius 1 is 1.12 bits per heavy atom. The number of hydrogen-bond acceptors (Lipinski definition) is 10. The average Bonchev–Trinajstić information content (AvgIpc) is 3.29. The van der Waals surface area contributed by atoms with Gasteiger partial charge in [-0.3, -0.25) is 0 Å². The van der Waals surface area contributed by atoms with E-state index in [1.807, 2.05) is 30.3 Å². The Balaban J connectivity index is 1.59. The third kappa shape index (κ3) is 4.71. The molecular formula is C22H23N7O3S2. The number of nitrogen functional groups attached to an aromatic ring is 1. The molecule has 4 heterocycles. The van der Waals surface area contributed by atoms with Crippen molar-refractivity contribution < 1.29 is 13.2 Å². The second-order valence-corrected chi connectivity index (χ2v) is 10.1. The molecule has 1 aliphatic rings. The number of nitrogens with zero attached hydrogens (tertiary/aromatic N) is 6. The highest BCUT2D eigenvalue weighted by molar-refractivity contribution is 7.69. The molecule has 0 aliphatic carbocycles. The zero-order valence-corrected chi connectivity index (χ0v) is 20.1. The largest absolute Gasteiger partial charge is 0.378 e. The van der Waals surface area contributed by atoms with E-state index in [-0.39, 0.29) is 5.95 Å². The third-order valence-corrected chi connectivity index (χ3v) is 7.36. The van der Waals surface area contributed by atoms with Crippen LogP contribution in [-0.4, -0.2) is 66.0 Å². The molecule has 0 radical (unpaired) electrons. The van der Waals surface area contributed by atoms with Crippen LogP contribution < -0.4 is 10.6 Å². The van der Waals surface area contributed by atoms with Gasteiger partial charge in [0.05, 0.1) is 29.0 Å². The Bertz CT molecular complexity index is 1390. The summed E-state index contributed by atoms with van der Waals surface area (Å²) in [6, 6.07) is 9.93. The fourth-order valence-corrected chi connectivity index (χ4v) is 5.16. The van der Waals surface area contributed by atoms with Gasteiger partial charge in [0.2, 0.25) is 16.8 Å². The van der Waals surface area contributed by atoms with Gasteiger partial charge in [-0.05, 0) is 23.3 Å². The lowest BCUT2D eigenvalue weighted by Crippen LogP contribution is -2.36. The summed E-state index contributed by atoms with van der Waals surface area (Å²) in [6.07, 6.45) is 3.25. The summed E-state index contributed by atoms with van der Waals surface area (Å²) in [6.45, 7) is 3.08. The monoisotopic (exact) mass is 497 g/mol. The molecule has 0 atom stereocenters. The first-order valence-electron chi connectivity index (χ1n) is 10.6. The molecule has 34 heavy (non-hydrogen) atoms. The summed E-state index contributed by atoms with van der Waals surface area (Å²) in [4.78, 5) is 21.1. The summed E-state index contributed by atoms with van der Waals surface area (Å²) in [5, 5.41) is 0. The standard InChI is InChI=1S/C22H23N7O3S2/c1-28(34(30)31)13-14-3-2-4-15(9-14)18-10-17-19(33-18)21(29-5-7-32-8-6-29)27-20(26-17)16-11-24-22(23)25-12-16/h2-4,9-12,34H,5-8,13H2,1H3,(H2,23,24,25). The molecule has 0 unspecified atom stereocenters. The molecule has 0 spiro atoms. The van der Waals surface area contributed by atoms with E-state index < -0.39 is 10.9 Å². The average molecular weight is 498 g/mol. The van der Waals surface area contributed by atoms with E-state index >= 15 is 0 Å². The zero-order chi connectivity index (χ0) is 23.7. The van der Waals surface area contributed by atoms with Gasteiger partial charge in [-0.2, -0.15) is 0 Å². The minimum atomic E-state index is -2.62. The van der Waals surface area contributed by atoms with Crippen molar-refractivity contribution in [3.63, 3.8) is 0 Å². The molecule has 4 aromatic rings. The van der Waals surface area contributed by atoms with Gasteiger partial charge in [0.1, 0.15) is 0 Å². The molecule has 0 saturated carbocycles. The summed E-state index contributed by atoms with van der Waals surface area (Å²) < 4.78 is 30.3. The van der Waals surface area contributed by atoms with Crippen molar-refractivity contribution in [2.24, 2.45) is 0 Å². The number of rotatable bonds is 6. The molecule has 1 fully saturated rings. The molecule has 2 N–H and O–H groups in total. The molecule has 0 bridgehead atoms. The lowest BCUT2D eigenvalue weighted by Gasteiger charge is -2.28. The van der Waals surface area contributed by atoms with E-state index in [1.54, 1.807) is 30.8 Å². The first-order chi connectivity index (χ1) is 16.5. The summed E-state index contributed by atoms with van der Waals surface area (Å²) in [7, 11) is -1.06. The van der Waals surface area contributed by atoms with Gasteiger partial charge < -0.3 is 15.4 Å². The molecule has 1 aliphatic heterocycles. The summed E-state index contributed by atoms with van der Waals surface area (Å²) >= 11 is 1.62. The number of hydrogen-bond donors (Lipinski definition) is 2. The Labute approximate surface area is 202 Å². The van der Waals surface area contributed by atoms with Crippen molar-refractivity contribution in [1.82, 2.24) is 24.2 Å². The number of nitrogens with two attached hydrogens (primary N) is 1. The van der Waals surface area contributed by atoms with Crippen molar-refractivity contribution in [2.75, 3.05) is 44.0 Å². The number of thiol groups is 1. The van der Waals surface area contributed by atoms with Crippen LogP contribution in [0.25, 0.3) is 32.0 Å². The number of benzene rings is 1. The van der Waals surface area contributed by atoms with Crippen LogP contribution in [0.4, 0.5) is 11.8 Å². The van der Waals surface area contributed by atoms with Gasteiger partial charge in [-0.1, -0.05) is 18.2 Å². The maximum Gasteiger partial charge on any atom is 0.219 e. The molecule has 12 heteroatoms. The maximum atomic E-state index is 11.3. The van der Waals surface area contributed by atoms with Gasteiger partial charge in [0, 0.05) is 44.0 Å². The SMILES string of the molecule is CN(Cc1cccc(-c2cc3nc(-c4cnc(N)nc4)nc(N4CCOCC4)c3s2)c1)[SH](=O)=O. The maximum absolute atomic E-state index is 11.3. The molecule has 3 aromatic heterocycles. The van der Waals surface area contributed by atoms with Crippen molar-refractivity contribution in [3.8, 4) is 21.8 Å². The second-order valence-electron chi connectivity index (χ2n) is 7.88. The van der Waals surface area contributed by atoms with E-state index in [0.717, 1.165) is 45.1 Å². The van der Waals surface area contributed by atoms with Gasteiger partial charge in [0.25, 0.3) is 0 Å². The van der Waals surface area contributed by atoms with Crippen LogP contribution in [0.5, 0.6) is 0 Å².